The van der Waals surface area contributed by atoms with E-state index in [9.17, 15) is 0 Å². The summed E-state index contributed by atoms with van der Waals surface area (Å²) in [5.41, 5.74) is 39.7. The fourth-order valence-electron chi connectivity index (χ4n) is 28.0. The Labute approximate surface area is 854 Å². The van der Waals surface area contributed by atoms with E-state index in [1.54, 1.807) is 0 Å². The minimum atomic E-state index is -0.0978. The first-order valence-electron chi connectivity index (χ1n) is 52.0. The monoisotopic (exact) mass is 1900 g/mol. The lowest BCUT2D eigenvalue weighted by atomic mass is 9.68. The second kappa shape index (κ2) is 29.7. The molecule has 3 aliphatic carbocycles. The van der Waals surface area contributed by atoms with Crippen LogP contribution in [0, 0.1) is 0 Å². The predicted octanol–water partition coefficient (Wildman–Crippen LogP) is 36.4. The molecule has 0 amide bonds. The van der Waals surface area contributed by atoms with Crippen LogP contribution in [0.1, 0.15) is 74.9 Å². The summed E-state index contributed by atoms with van der Waals surface area (Å²) in [6.07, 6.45) is 0. The van der Waals surface area contributed by atoms with Gasteiger partial charge in [0.2, 0.25) is 0 Å². The van der Waals surface area contributed by atoms with Gasteiger partial charge in [-0.3, -0.25) is 13.2 Å². The number of rotatable bonds is 3. The molecule has 0 fully saturated rings. The summed E-state index contributed by atoms with van der Waals surface area (Å²) in [6, 6.07) is 164. The van der Waals surface area contributed by atoms with E-state index in [0.717, 1.165) is 78.0 Å². The zero-order valence-corrected chi connectivity index (χ0v) is 82.7. The van der Waals surface area contributed by atoms with Crippen LogP contribution in [-0.2, 0) is 16.2 Å². The lowest BCUT2D eigenvalue weighted by Crippen LogP contribution is -2.23. The minimum Gasteiger partial charge on any atom is -0.309 e. The number of para-hydroxylation sites is 8. The third-order valence-electron chi connectivity index (χ3n) is 34.5. The molecule has 32 aromatic rings. The van der Waals surface area contributed by atoms with E-state index in [4.69, 9.17) is 15.0 Å². The van der Waals surface area contributed by atoms with Crippen LogP contribution in [0.15, 0.2) is 443 Å². The van der Waals surface area contributed by atoms with Crippen molar-refractivity contribution in [2.24, 2.45) is 0 Å². The van der Waals surface area contributed by atoms with Gasteiger partial charge in [-0.25, -0.2) is 15.0 Å². The highest BCUT2D eigenvalue weighted by atomic mass is 15.1. The first-order valence-corrected chi connectivity index (χ1v) is 52.0. The van der Waals surface area contributed by atoms with E-state index in [1.807, 2.05) is 0 Å². The van der Waals surface area contributed by atoms with Crippen LogP contribution < -0.4 is 0 Å². The molecule has 9 aromatic heterocycles. The van der Waals surface area contributed by atoms with Crippen molar-refractivity contribution < 1.29 is 0 Å². The molecule has 149 heavy (non-hydrogen) atoms. The van der Waals surface area contributed by atoms with E-state index < -0.39 is 0 Å². The highest BCUT2D eigenvalue weighted by Crippen LogP contribution is 2.59. The molecule has 0 saturated heterocycles. The summed E-state index contributed by atoms with van der Waals surface area (Å²) < 4.78 is 14.6. The van der Waals surface area contributed by atoms with Gasteiger partial charge in [0.25, 0.3) is 0 Å². The zero-order valence-electron chi connectivity index (χ0n) is 82.7. The molecule has 35 rings (SSSR count). The first kappa shape index (κ1) is 82.6. The number of fused-ring (bicyclic) bond motifs is 46. The van der Waals surface area contributed by atoms with Crippen molar-refractivity contribution in [1.82, 2.24) is 41.9 Å². The maximum Gasteiger partial charge on any atom is 0.147 e. The molecule has 0 N–H and O–H groups in total. The van der Waals surface area contributed by atoms with E-state index >= 15 is 0 Å². The summed E-state index contributed by atoms with van der Waals surface area (Å²) in [6.45, 7) is 14.2. The Morgan fingerprint density at radius 2 is 0.483 bits per heavy atom. The number of nitrogens with zero attached hydrogens (tertiary/aromatic N) is 9. The molecule has 0 unspecified atom stereocenters. The number of hydrogen-bond donors (Lipinski definition) is 0. The second-order valence-electron chi connectivity index (χ2n) is 43.1. The molecular formula is C140H91N9. The van der Waals surface area contributed by atoms with Gasteiger partial charge < -0.3 is 13.7 Å². The summed E-state index contributed by atoms with van der Waals surface area (Å²) >= 11 is 0. The quantitative estimate of drug-likeness (QED) is 0.166. The van der Waals surface area contributed by atoms with Gasteiger partial charge in [-0.15, -0.1) is 0 Å². The third kappa shape index (κ3) is 11.0. The Balaban J connectivity index is 0.0000000971. The van der Waals surface area contributed by atoms with Gasteiger partial charge in [0.1, 0.15) is 16.9 Å². The van der Waals surface area contributed by atoms with Gasteiger partial charge >= 0.3 is 0 Å². The van der Waals surface area contributed by atoms with Crippen molar-refractivity contribution in [3.63, 3.8) is 0 Å². The molecule has 0 saturated carbocycles. The lowest BCUT2D eigenvalue weighted by Gasteiger charge is -2.35. The van der Waals surface area contributed by atoms with Crippen molar-refractivity contribution in [2.75, 3.05) is 0 Å². The number of aromatic nitrogens is 9. The van der Waals surface area contributed by atoms with Crippen LogP contribution in [-0.4, -0.2) is 41.9 Å². The third-order valence-corrected chi connectivity index (χ3v) is 34.5. The van der Waals surface area contributed by atoms with E-state index in [1.165, 1.54) is 240 Å². The average Bonchev–Trinajstić information content (AvgIpc) is 1.59. The highest BCUT2D eigenvalue weighted by molar-refractivity contribution is 6.31. The van der Waals surface area contributed by atoms with Gasteiger partial charge in [0, 0.05) is 120 Å². The Kier molecular flexibility index (Phi) is 16.5. The van der Waals surface area contributed by atoms with Gasteiger partial charge in [-0.1, -0.05) is 363 Å². The smallest absolute Gasteiger partial charge is 0.147 e. The van der Waals surface area contributed by atoms with Crippen LogP contribution in [0.3, 0.4) is 0 Å². The second-order valence-corrected chi connectivity index (χ2v) is 43.1. The normalized spacial score (nSPS) is 13.9. The average molecular weight is 1900 g/mol. The molecule has 9 nitrogen and oxygen atoms in total. The van der Waals surface area contributed by atoms with Gasteiger partial charge in [-0.05, 0) is 236 Å². The van der Waals surface area contributed by atoms with Gasteiger partial charge in [0.15, 0.2) is 0 Å². The van der Waals surface area contributed by atoms with Crippen molar-refractivity contribution >= 4 is 234 Å². The Hall–Kier alpha value is -18.8. The number of pyridine rings is 3. The van der Waals surface area contributed by atoms with Crippen molar-refractivity contribution in [3.05, 3.63) is 476 Å². The van der Waals surface area contributed by atoms with Gasteiger partial charge in [-0.2, -0.15) is 0 Å². The fraction of sp³-hybridized carbons (Fsp3) is 0.0643. The molecule has 3 aliphatic rings. The highest BCUT2D eigenvalue weighted by Gasteiger charge is 2.40. The van der Waals surface area contributed by atoms with Crippen molar-refractivity contribution in [1.29, 1.82) is 0 Å². The van der Waals surface area contributed by atoms with Crippen LogP contribution in [0.2, 0.25) is 0 Å². The molecule has 9 heteroatoms. The molecule has 0 bridgehead atoms. The number of imidazole rings is 3. The summed E-state index contributed by atoms with van der Waals surface area (Å²) in [5, 5.41) is 31.6. The summed E-state index contributed by atoms with van der Waals surface area (Å²) in [5.74, 6) is 0. The van der Waals surface area contributed by atoms with Crippen LogP contribution in [0.4, 0.5) is 0 Å². The summed E-state index contributed by atoms with van der Waals surface area (Å²) in [7, 11) is 0. The van der Waals surface area contributed by atoms with E-state index in [2.05, 4.69) is 511 Å². The molecule has 0 spiro atoms. The standard InChI is InChI=1S/2C48H31N3.C44H29N3/c1-48(2)36-18-8-5-16-34(36)46-43-29(13-11-19-37(43)48)26-42-45(46)35-17-7-10-21-40(35)50(42)30-23-25-38-41(27-30)51-39-20-9-6-15-32(39)33-24-22-28-12-3-4-14-31(28)44(33)47(51)49-38;1-48(2)36-17-7-5-15-32(36)46-43-29(13-11-18-37(43)48)26-42-45(46)33-16-6-9-20-39(33)50(42)30-23-25-34-41(27-30)51-40-21-10-8-19-38(40)49-47(51)35-24-22-28-12-3-4-14-31(28)44(34)35;1-44(2)33-17-7-5-15-30(33)42-40-26(12-11-18-34(40)44)24-39-41(42)31-16-6-9-20-36(31)46(39)27-22-23-37-32(25-27)28-13-3-4-14-29(28)43-45-35-19-8-10-21-38(35)47(37)43/h2*3-27H,1-2H3;3-25H,1-2H3. The largest absolute Gasteiger partial charge is 0.309 e. The SMILES string of the molecule is CC1(C)c2ccccc2-c2c3c1cccc3cc1c2c2ccccc2n1-c1ccc2c(c1)c1ccccc1c1nc3ccccc3n21.CC1(C)c2ccccc2-c2c3c1cccc3cc1c2c2ccccc2n1-c1ccc2c3c4ccccc4ccc3c3nc4ccccc4n3c2c1.CC1(C)c2ccccc2-c2c3c1cccc3cc1c2c2ccccc2n1-c1ccc2nc3c4c5ccccc5ccc4c4ccccc4n3c2c1. The van der Waals surface area contributed by atoms with Crippen molar-refractivity contribution in [3.8, 4) is 50.4 Å². The van der Waals surface area contributed by atoms with Crippen LogP contribution in [0.5, 0.6) is 0 Å². The van der Waals surface area contributed by atoms with E-state index in [0.29, 0.717) is 0 Å². The first-order chi connectivity index (χ1) is 73.2. The predicted molar refractivity (Wildman–Crippen MR) is 626 cm³/mol. The van der Waals surface area contributed by atoms with Crippen LogP contribution in [0.25, 0.3) is 285 Å². The van der Waals surface area contributed by atoms with Gasteiger partial charge in [0.05, 0.1) is 82.8 Å². The summed E-state index contributed by atoms with van der Waals surface area (Å²) in [4.78, 5) is 15.7. The molecule has 696 valence electrons. The molecule has 9 heterocycles. The molecule has 0 atom stereocenters. The molecule has 0 radical (unpaired) electrons. The molecule has 0 aliphatic heterocycles. The van der Waals surface area contributed by atoms with Crippen LogP contribution >= 0.6 is 0 Å². The molecule has 23 aromatic carbocycles. The molecular weight excluding hydrogens is 1810 g/mol. The number of hydrogen-bond acceptors (Lipinski definition) is 3. The lowest BCUT2D eigenvalue weighted by molar-refractivity contribution is 0.645. The Morgan fingerprint density at radius 3 is 0.987 bits per heavy atom. The Morgan fingerprint density at radius 1 is 0.161 bits per heavy atom. The minimum absolute atomic E-state index is 0.0859. The zero-order chi connectivity index (χ0) is 98.2. The topological polar surface area (TPSA) is 66.7 Å². The maximum absolute atomic E-state index is 5.37. The van der Waals surface area contributed by atoms with E-state index in [-0.39, 0.29) is 16.2 Å². The number of benzene rings is 23. The fourth-order valence-corrected chi connectivity index (χ4v) is 28.0. The Bertz CT molecular complexity index is 11700. The van der Waals surface area contributed by atoms with Crippen molar-refractivity contribution in [2.45, 2.75) is 57.8 Å². The maximum atomic E-state index is 5.37.